The minimum absolute atomic E-state index is 0.181. The Morgan fingerprint density at radius 2 is 2.05 bits per heavy atom. The fourth-order valence-electron chi connectivity index (χ4n) is 2.90. The van der Waals surface area contributed by atoms with E-state index >= 15 is 0 Å². The van der Waals surface area contributed by atoms with Gasteiger partial charge in [0.25, 0.3) is 0 Å². The van der Waals surface area contributed by atoms with E-state index in [9.17, 15) is 0 Å². The molecule has 1 aliphatic rings. The number of para-hydroxylation sites is 1. The predicted molar refractivity (Wildman–Crippen MR) is 90.6 cm³/mol. The normalized spacial score (nSPS) is 15.1. The van der Waals surface area contributed by atoms with E-state index in [4.69, 9.17) is 17.3 Å². The molecule has 0 radical (unpaired) electrons. The van der Waals surface area contributed by atoms with Gasteiger partial charge in [0.15, 0.2) is 0 Å². The Morgan fingerprint density at radius 1 is 1.24 bits per heavy atom. The molecule has 0 spiro atoms. The van der Waals surface area contributed by atoms with Crippen molar-refractivity contribution >= 4 is 23.0 Å². The number of rotatable bonds is 4. The molecule has 3 heteroatoms. The maximum atomic E-state index is 6.45. The van der Waals surface area contributed by atoms with Crippen LogP contribution in [-0.2, 0) is 12.8 Å². The molecule has 110 valence electrons. The van der Waals surface area contributed by atoms with Crippen LogP contribution in [0.2, 0.25) is 5.02 Å². The van der Waals surface area contributed by atoms with Crippen molar-refractivity contribution in [3.05, 3.63) is 58.6 Å². The molecule has 2 aromatic carbocycles. The summed E-state index contributed by atoms with van der Waals surface area (Å²) >= 11 is 6.45. The molecule has 0 bridgehead atoms. The predicted octanol–water partition coefficient (Wildman–Crippen LogP) is 4.31. The average Bonchev–Trinajstić information content (AvgIpc) is 2.93. The number of benzene rings is 2. The Morgan fingerprint density at radius 3 is 2.81 bits per heavy atom. The molecule has 1 atom stereocenters. The van der Waals surface area contributed by atoms with Crippen molar-refractivity contribution < 1.29 is 0 Å². The summed E-state index contributed by atoms with van der Waals surface area (Å²) < 4.78 is 0. The zero-order valence-electron chi connectivity index (χ0n) is 12.3. The minimum Gasteiger partial charge on any atom is -0.341 e. The number of nitrogens with zero attached hydrogens (tertiary/aromatic N) is 1. The molecule has 0 fully saturated rings. The van der Waals surface area contributed by atoms with Crippen LogP contribution in [0.5, 0.6) is 0 Å². The zero-order valence-corrected chi connectivity index (χ0v) is 13.1. The number of hydrogen-bond donors (Lipinski definition) is 1. The second kappa shape index (κ2) is 6.08. The molecule has 1 aliphatic heterocycles. The SMILES string of the molecule is CCC(N)Cc1ccc(N2CCc3ccccc32)cc1Cl. The summed E-state index contributed by atoms with van der Waals surface area (Å²) in [4.78, 5) is 2.34. The van der Waals surface area contributed by atoms with Crippen LogP contribution < -0.4 is 10.6 Å². The molecule has 0 aliphatic carbocycles. The maximum Gasteiger partial charge on any atom is 0.0459 e. The van der Waals surface area contributed by atoms with E-state index in [2.05, 4.69) is 54.3 Å². The van der Waals surface area contributed by atoms with Gasteiger partial charge >= 0.3 is 0 Å². The molecule has 3 rings (SSSR count). The van der Waals surface area contributed by atoms with Gasteiger partial charge < -0.3 is 10.6 Å². The average molecular weight is 301 g/mol. The topological polar surface area (TPSA) is 29.3 Å². The van der Waals surface area contributed by atoms with Gasteiger partial charge in [0.05, 0.1) is 0 Å². The number of anilines is 2. The van der Waals surface area contributed by atoms with Gasteiger partial charge in [-0.3, -0.25) is 0 Å². The van der Waals surface area contributed by atoms with Crippen molar-refractivity contribution in [1.29, 1.82) is 0 Å². The second-order valence-electron chi connectivity index (χ2n) is 5.68. The number of nitrogens with two attached hydrogens (primary N) is 1. The van der Waals surface area contributed by atoms with Crippen LogP contribution in [0.4, 0.5) is 11.4 Å². The fourth-order valence-corrected chi connectivity index (χ4v) is 3.15. The van der Waals surface area contributed by atoms with Gasteiger partial charge in [0.1, 0.15) is 0 Å². The van der Waals surface area contributed by atoms with Crippen LogP contribution in [-0.4, -0.2) is 12.6 Å². The van der Waals surface area contributed by atoms with Crippen molar-refractivity contribution in [2.75, 3.05) is 11.4 Å². The molecule has 21 heavy (non-hydrogen) atoms. The van der Waals surface area contributed by atoms with E-state index < -0.39 is 0 Å². The Bertz CT molecular complexity index is 639. The minimum atomic E-state index is 0.181. The summed E-state index contributed by atoms with van der Waals surface area (Å²) in [5.41, 5.74) is 11.0. The van der Waals surface area contributed by atoms with Crippen molar-refractivity contribution in [2.45, 2.75) is 32.2 Å². The molecular formula is C18H21ClN2. The third kappa shape index (κ3) is 2.92. The van der Waals surface area contributed by atoms with Crippen LogP contribution >= 0.6 is 11.6 Å². The zero-order chi connectivity index (χ0) is 14.8. The van der Waals surface area contributed by atoms with Gasteiger partial charge in [-0.2, -0.15) is 0 Å². The first-order valence-electron chi connectivity index (χ1n) is 7.58. The van der Waals surface area contributed by atoms with Crippen molar-refractivity contribution in [2.24, 2.45) is 5.73 Å². The van der Waals surface area contributed by atoms with E-state index in [0.29, 0.717) is 0 Å². The lowest BCUT2D eigenvalue weighted by Gasteiger charge is -2.21. The molecule has 0 saturated carbocycles. The third-order valence-electron chi connectivity index (χ3n) is 4.24. The molecular weight excluding hydrogens is 280 g/mol. The van der Waals surface area contributed by atoms with Gasteiger partial charge in [0, 0.05) is 29.0 Å². The van der Waals surface area contributed by atoms with Crippen LogP contribution in [0.25, 0.3) is 0 Å². The molecule has 0 aromatic heterocycles. The molecule has 1 heterocycles. The van der Waals surface area contributed by atoms with Crippen LogP contribution in [0, 0.1) is 0 Å². The van der Waals surface area contributed by atoms with E-state index in [1.807, 2.05) is 0 Å². The summed E-state index contributed by atoms with van der Waals surface area (Å²) in [5.74, 6) is 0. The van der Waals surface area contributed by atoms with Crippen LogP contribution in [0.3, 0.4) is 0 Å². The van der Waals surface area contributed by atoms with Crippen LogP contribution in [0.15, 0.2) is 42.5 Å². The standard InChI is InChI=1S/C18H21ClN2/c1-2-15(20)11-14-7-8-16(12-17(14)19)21-10-9-13-5-3-4-6-18(13)21/h3-8,12,15H,2,9-11,20H2,1H3. The number of fused-ring (bicyclic) bond motifs is 1. The Hall–Kier alpha value is -1.51. The highest BCUT2D eigenvalue weighted by Crippen LogP contribution is 2.36. The second-order valence-corrected chi connectivity index (χ2v) is 6.09. The Balaban J connectivity index is 1.86. The highest BCUT2D eigenvalue weighted by atomic mass is 35.5. The van der Waals surface area contributed by atoms with Crippen molar-refractivity contribution in [3.63, 3.8) is 0 Å². The highest BCUT2D eigenvalue weighted by Gasteiger charge is 2.20. The highest BCUT2D eigenvalue weighted by molar-refractivity contribution is 6.31. The number of halogens is 1. The van der Waals surface area contributed by atoms with Crippen molar-refractivity contribution in [3.8, 4) is 0 Å². The van der Waals surface area contributed by atoms with Crippen molar-refractivity contribution in [1.82, 2.24) is 0 Å². The molecule has 2 N–H and O–H groups in total. The first kappa shape index (κ1) is 14.4. The largest absolute Gasteiger partial charge is 0.341 e. The monoisotopic (exact) mass is 300 g/mol. The number of hydrogen-bond acceptors (Lipinski definition) is 2. The van der Waals surface area contributed by atoms with Gasteiger partial charge in [-0.15, -0.1) is 0 Å². The lowest BCUT2D eigenvalue weighted by atomic mass is 10.0. The smallest absolute Gasteiger partial charge is 0.0459 e. The summed E-state index contributed by atoms with van der Waals surface area (Å²) in [6.07, 6.45) is 2.90. The summed E-state index contributed by atoms with van der Waals surface area (Å²) in [7, 11) is 0. The van der Waals surface area contributed by atoms with Crippen LogP contribution in [0.1, 0.15) is 24.5 Å². The lowest BCUT2D eigenvalue weighted by Crippen LogP contribution is -2.21. The Kier molecular flexibility index (Phi) is 4.18. The maximum absolute atomic E-state index is 6.45. The van der Waals surface area contributed by atoms with E-state index in [1.54, 1.807) is 0 Å². The van der Waals surface area contributed by atoms with E-state index in [0.717, 1.165) is 36.4 Å². The first-order chi connectivity index (χ1) is 10.2. The molecule has 2 nitrogen and oxygen atoms in total. The Labute approximate surface area is 131 Å². The summed E-state index contributed by atoms with van der Waals surface area (Å²) in [5, 5.41) is 0.820. The quantitative estimate of drug-likeness (QED) is 0.911. The fraction of sp³-hybridized carbons (Fsp3) is 0.333. The molecule has 0 amide bonds. The molecule has 0 saturated heterocycles. The third-order valence-corrected chi connectivity index (χ3v) is 4.59. The van der Waals surface area contributed by atoms with Gasteiger partial charge in [-0.05, 0) is 48.6 Å². The molecule has 2 aromatic rings. The molecule has 1 unspecified atom stereocenters. The first-order valence-corrected chi connectivity index (χ1v) is 7.96. The van der Waals surface area contributed by atoms with Gasteiger partial charge in [0.2, 0.25) is 0 Å². The van der Waals surface area contributed by atoms with Gasteiger partial charge in [-0.25, -0.2) is 0 Å². The summed E-state index contributed by atoms with van der Waals surface area (Å²) in [6.45, 7) is 3.12. The summed E-state index contributed by atoms with van der Waals surface area (Å²) in [6, 6.07) is 15.1. The van der Waals surface area contributed by atoms with Gasteiger partial charge in [-0.1, -0.05) is 42.8 Å². The van der Waals surface area contributed by atoms with E-state index in [1.165, 1.54) is 16.9 Å². The van der Waals surface area contributed by atoms with E-state index in [-0.39, 0.29) is 6.04 Å². The lowest BCUT2D eigenvalue weighted by molar-refractivity contribution is 0.646.